The first-order valence-corrected chi connectivity index (χ1v) is 12.6. The number of carbonyl (C=O) groups is 2. The summed E-state index contributed by atoms with van der Waals surface area (Å²) in [6.45, 7) is 2.56. The molecule has 3 aromatic rings. The van der Waals surface area contributed by atoms with Crippen LogP contribution in [0.25, 0.3) is 0 Å². The fourth-order valence-corrected chi connectivity index (χ4v) is 6.38. The molecule has 3 fully saturated rings. The summed E-state index contributed by atoms with van der Waals surface area (Å²) in [5.74, 6) is -0.152. The van der Waals surface area contributed by atoms with E-state index in [1.54, 1.807) is 6.07 Å². The van der Waals surface area contributed by atoms with Crippen LogP contribution >= 0.6 is 0 Å². The monoisotopic (exact) mass is 488 g/mol. The molecule has 4 heterocycles. The molecule has 1 aliphatic carbocycles. The van der Waals surface area contributed by atoms with E-state index in [0.717, 1.165) is 49.9 Å². The number of ether oxygens (including phenoxy) is 1. The van der Waals surface area contributed by atoms with Crippen LogP contribution in [0, 0.1) is 5.92 Å². The number of nitrogens with one attached hydrogen (secondary N) is 1. The van der Waals surface area contributed by atoms with Gasteiger partial charge in [0.25, 0.3) is 5.91 Å². The van der Waals surface area contributed by atoms with Gasteiger partial charge in [0.05, 0.1) is 13.1 Å². The van der Waals surface area contributed by atoms with Gasteiger partial charge in [0.1, 0.15) is 12.8 Å². The third-order valence-electron chi connectivity index (χ3n) is 8.26. The summed E-state index contributed by atoms with van der Waals surface area (Å²) in [7, 11) is 0. The van der Waals surface area contributed by atoms with Gasteiger partial charge in [-0.2, -0.15) is 0 Å². The molecule has 1 aromatic heterocycles. The predicted octanol–water partition coefficient (Wildman–Crippen LogP) is 2.80. The molecule has 0 radical (unpaired) electrons. The van der Waals surface area contributed by atoms with Crippen molar-refractivity contribution in [2.24, 2.45) is 5.92 Å². The number of piperidine rings is 3. The molecule has 8 nitrogen and oxygen atoms in total. The van der Waals surface area contributed by atoms with Crippen LogP contribution in [-0.2, 0) is 32.8 Å². The van der Waals surface area contributed by atoms with E-state index in [4.69, 9.17) is 9.26 Å². The van der Waals surface area contributed by atoms with Crippen molar-refractivity contribution in [3.63, 3.8) is 0 Å². The SMILES string of the molecule is O=C(C[N+]12CCC(CC1)[C@@H](OC(=O)C1(O)c3ccccc3CCc3ccccc31)C2)Nc1ccon1. The molecule has 0 unspecified atom stereocenters. The number of anilines is 1. The highest BCUT2D eigenvalue weighted by atomic mass is 16.6. The Labute approximate surface area is 209 Å². The fraction of sp³-hybridized carbons (Fsp3) is 0.393. The van der Waals surface area contributed by atoms with Crippen molar-refractivity contribution in [2.75, 3.05) is 31.5 Å². The quantitative estimate of drug-likeness (QED) is 0.423. The molecule has 7 rings (SSSR count). The average molecular weight is 489 g/mol. The van der Waals surface area contributed by atoms with E-state index in [2.05, 4.69) is 10.5 Å². The van der Waals surface area contributed by atoms with Gasteiger partial charge >= 0.3 is 5.97 Å². The summed E-state index contributed by atoms with van der Waals surface area (Å²) in [4.78, 5) is 26.6. The van der Waals surface area contributed by atoms with Crippen molar-refractivity contribution in [3.8, 4) is 0 Å². The Kier molecular flexibility index (Phi) is 5.65. The smallest absolute Gasteiger partial charge is 0.348 e. The van der Waals surface area contributed by atoms with Crippen molar-refractivity contribution >= 4 is 17.7 Å². The highest BCUT2D eigenvalue weighted by Gasteiger charge is 2.52. The summed E-state index contributed by atoms with van der Waals surface area (Å²) in [6, 6.07) is 16.8. The standard InChI is InChI=1S/C28H29N3O5/c32-26(29-25-13-16-35-30-25)18-31-14-11-21(12-15-31)24(17-31)36-27(33)28(34)22-7-3-1-5-19(22)9-10-20-6-2-4-8-23(20)28/h1-8,13,16,21,24,34H,9-12,14-15,17-18H2/p+1/t21?,24-,31?/m0/s1. The zero-order valence-corrected chi connectivity index (χ0v) is 20.1. The number of carbonyl (C=O) groups excluding carboxylic acids is 2. The van der Waals surface area contributed by atoms with Crippen LogP contribution in [0.3, 0.4) is 0 Å². The number of benzene rings is 2. The lowest BCUT2D eigenvalue weighted by molar-refractivity contribution is -0.939. The molecule has 1 atom stereocenters. The maximum absolute atomic E-state index is 13.9. The Bertz CT molecular complexity index is 1230. The number of hydrogen-bond acceptors (Lipinski definition) is 6. The van der Waals surface area contributed by atoms with Crippen LogP contribution in [0.1, 0.15) is 35.1 Å². The van der Waals surface area contributed by atoms with Crippen LogP contribution in [-0.4, -0.2) is 58.9 Å². The Morgan fingerprint density at radius 3 is 2.28 bits per heavy atom. The van der Waals surface area contributed by atoms with Gasteiger partial charge in [-0.1, -0.05) is 53.7 Å². The average Bonchev–Trinajstić information content (AvgIpc) is 3.36. The normalized spacial score (nSPS) is 25.8. The van der Waals surface area contributed by atoms with Crippen molar-refractivity contribution in [1.29, 1.82) is 0 Å². The second-order valence-electron chi connectivity index (χ2n) is 10.4. The van der Waals surface area contributed by atoms with E-state index in [0.29, 0.717) is 28.0 Å². The number of esters is 1. The highest BCUT2D eigenvalue weighted by Crippen LogP contribution is 2.41. The fourth-order valence-electron chi connectivity index (χ4n) is 6.38. The number of nitrogens with zero attached hydrogens (tertiary/aromatic N) is 2. The zero-order valence-electron chi connectivity index (χ0n) is 20.1. The lowest BCUT2D eigenvalue weighted by atomic mass is 9.81. The summed E-state index contributed by atoms with van der Waals surface area (Å²) >= 11 is 0. The molecule has 1 amide bonds. The van der Waals surface area contributed by atoms with Gasteiger partial charge in [0.2, 0.25) is 5.60 Å². The number of fused-ring (bicyclic) bond motifs is 5. The maximum atomic E-state index is 13.9. The minimum Gasteiger partial charge on any atom is -0.453 e. The zero-order chi connectivity index (χ0) is 24.8. The molecule has 3 aliphatic heterocycles. The van der Waals surface area contributed by atoms with E-state index in [9.17, 15) is 14.7 Å². The molecule has 2 aromatic carbocycles. The Morgan fingerprint density at radius 2 is 1.67 bits per heavy atom. The molecule has 3 saturated heterocycles. The topological polar surface area (TPSA) is 102 Å². The van der Waals surface area contributed by atoms with Crippen molar-refractivity contribution < 1.29 is 28.4 Å². The third kappa shape index (κ3) is 3.90. The summed E-state index contributed by atoms with van der Waals surface area (Å²) < 4.78 is 11.5. The number of quaternary nitrogens is 1. The van der Waals surface area contributed by atoms with Gasteiger partial charge in [-0.25, -0.2) is 4.79 Å². The molecule has 0 saturated carbocycles. The van der Waals surface area contributed by atoms with Gasteiger partial charge < -0.3 is 24.2 Å². The van der Waals surface area contributed by atoms with Crippen LogP contribution in [0.4, 0.5) is 5.82 Å². The number of aromatic nitrogens is 1. The van der Waals surface area contributed by atoms with E-state index in [-0.39, 0.29) is 24.5 Å². The number of aryl methyl sites for hydroxylation is 2. The second kappa shape index (κ2) is 8.87. The predicted molar refractivity (Wildman–Crippen MR) is 131 cm³/mol. The van der Waals surface area contributed by atoms with Crippen LogP contribution in [0.15, 0.2) is 65.4 Å². The Balaban J connectivity index is 1.26. The van der Waals surface area contributed by atoms with E-state index >= 15 is 0 Å². The highest BCUT2D eigenvalue weighted by molar-refractivity contribution is 5.90. The molecule has 0 spiro atoms. The molecule has 8 heteroatoms. The first-order valence-electron chi connectivity index (χ1n) is 12.6. The van der Waals surface area contributed by atoms with Gasteiger partial charge in [0.15, 0.2) is 18.5 Å². The summed E-state index contributed by atoms with van der Waals surface area (Å²) in [5.41, 5.74) is 1.23. The molecular weight excluding hydrogens is 458 g/mol. The largest absolute Gasteiger partial charge is 0.453 e. The van der Waals surface area contributed by atoms with E-state index in [1.165, 1.54) is 6.26 Å². The Hall–Kier alpha value is -3.49. The lowest BCUT2D eigenvalue weighted by Gasteiger charge is -2.51. The van der Waals surface area contributed by atoms with Gasteiger partial charge in [-0.3, -0.25) is 4.79 Å². The van der Waals surface area contributed by atoms with E-state index < -0.39 is 11.6 Å². The molecule has 4 aliphatic rings. The second-order valence-corrected chi connectivity index (χ2v) is 10.4. The number of aliphatic hydroxyl groups is 1. The minimum atomic E-state index is -1.87. The van der Waals surface area contributed by atoms with Gasteiger partial charge in [0, 0.05) is 36.0 Å². The summed E-state index contributed by atoms with van der Waals surface area (Å²) in [5, 5.41) is 18.7. The van der Waals surface area contributed by atoms with Crippen LogP contribution in [0.2, 0.25) is 0 Å². The van der Waals surface area contributed by atoms with E-state index in [1.807, 2.05) is 48.5 Å². The molecule has 186 valence electrons. The Morgan fingerprint density at radius 1 is 1.03 bits per heavy atom. The van der Waals surface area contributed by atoms with Crippen LogP contribution in [0.5, 0.6) is 0 Å². The molecule has 2 N–H and O–H groups in total. The number of amides is 1. The first-order chi connectivity index (χ1) is 17.5. The van der Waals surface area contributed by atoms with Gasteiger partial charge in [-0.15, -0.1) is 0 Å². The molecule has 2 bridgehead atoms. The lowest BCUT2D eigenvalue weighted by Crippen LogP contribution is -2.66. The molecule has 36 heavy (non-hydrogen) atoms. The number of hydrogen-bond donors (Lipinski definition) is 2. The van der Waals surface area contributed by atoms with Crippen molar-refractivity contribution in [3.05, 3.63) is 83.1 Å². The third-order valence-corrected chi connectivity index (χ3v) is 8.26. The van der Waals surface area contributed by atoms with Crippen molar-refractivity contribution in [2.45, 2.75) is 37.4 Å². The molecular formula is C28H30N3O5+. The number of rotatable bonds is 5. The van der Waals surface area contributed by atoms with Crippen LogP contribution < -0.4 is 5.32 Å². The van der Waals surface area contributed by atoms with Crippen molar-refractivity contribution in [1.82, 2.24) is 5.16 Å². The van der Waals surface area contributed by atoms with Gasteiger partial charge in [-0.05, 0) is 24.0 Å². The first kappa shape index (κ1) is 22.9. The summed E-state index contributed by atoms with van der Waals surface area (Å²) in [6.07, 6.45) is 4.30. The minimum absolute atomic E-state index is 0.139. The maximum Gasteiger partial charge on any atom is 0.348 e.